The summed E-state index contributed by atoms with van der Waals surface area (Å²) in [6.07, 6.45) is 11.9. The molecule has 1 saturated carbocycles. The van der Waals surface area contributed by atoms with Crippen LogP contribution < -0.4 is 5.32 Å². The Bertz CT molecular complexity index is 580. The lowest BCUT2D eigenvalue weighted by Gasteiger charge is -2.44. The molecular formula is C23H36Cl2N2. The molecule has 27 heavy (non-hydrogen) atoms. The van der Waals surface area contributed by atoms with Gasteiger partial charge in [0.1, 0.15) is 0 Å². The average molecular weight is 411 g/mol. The summed E-state index contributed by atoms with van der Waals surface area (Å²) in [5.74, 6) is 0.733. The number of unbranched alkanes of at least 4 members (excludes halogenated alkanes) is 1. The van der Waals surface area contributed by atoms with Crippen molar-refractivity contribution in [3.63, 3.8) is 0 Å². The van der Waals surface area contributed by atoms with Gasteiger partial charge in [0, 0.05) is 0 Å². The standard InChI is InChI=1S/C23H36Cl2N2/c1-19(9-13-26-12-2-3-14-27-15-4-5-16-27)18-23(10-6-11-23)20-7-8-21(24)22(25)17-20/h7-8,17,19,26H,2-6,9-16,18H2,1H3. The van der Waals surface area contributed by atoms with Crippen LogP contribution in [0.5, 0.6) is 0 Å². The van der Waals surface area contributed by atoms with E-state index in [-0.39, 0.29) is 0 Å². The summed E-state index contributed by atoms with van der Waals surface area (Å²) >= 11 is 12.4. The van der Waals surface area contributed by atoms with Gasteiger partial charge in [-0.05, 0) is 113 Å². The Morgan fingerprint density at radius 2 is 1.81 bits per heavy atom. The molecule has 1 aliphatic carbocycles. The van der Waals surface area contributed by atoms with Crippen molar-refractivity contribution in [2.75, 3.05) is 32.7 Å². The molecule has 2 fully saturated rings. The maximum absolute atomic E-state index is 6.28. The van der Waals surface area contributed by atoms with E-state index >= 15 is 0 Å². The first-order valence-corrected chi connectivity index (χ1v) is 11.7. The summed E-state index contributed by atoms with van der Waals surface area (Å²) in [5, 5.41) is 5.02. The van der Waals surface area contributed by atoms with Crippen molar-refractivity contribution < 1.29 is 0 Å². The summed E-state index contributed by atoms with van der Waals surface area (Å²) in [6.45, 7) is 8.66. The molecule has 0 aromatic heterocycles. The zero-order valence-corrected chi connectivity index (χ0v) is 18.4. The normalized spacial score (nSPS) is 20.6. The summed E-state index contributed by atoms with van der Waals surface area (Å²) < 4.78 is 0. The third kappa shape index (κ3) is 6.10. The van der Waals surface area contributed by atoms with Gasteiger partial charge in [-0.2, -0.15) is 0 Å². The first kappa shape index (κ1) is 21.4. The molecule has 1 aromatic rings. The molecule has 1 N–H and O–H groups in total. The van der Waals surface area contributed by atoms with E-state index in [9.17, 15) is 0 Å². The predicted octanol–water partition coefficient (Wildman–Crippen LogP) is 6.30. The lowest BCUT2D eigenvalue weighted by atomic mass is 9.60. The highest BCUT2D eigenvalue weighted by Crippen LogP contribution is 2.49. The van der Waals surface area contributed by atoms with Gasteiger partial charge in [-0.15, -0.1) is 0 Å². The molecule has 1 heterocycles. The van der Waals surface area contributed by atoms with Crippen LogP contribution in [0.2, 0.25) is 10.0 Å². The Hall–Kier alpha value is -0.280. The fourth-order valence-electron chi connectivity index (χ4n) is 4.87. The molecule has 4 heteroatoms. The minimum absolute atomic E-state index is 0.337. The Labute approximate surface area is 176 Å². The summed E-state index contributed by atoms with van der Waals surface area (Å²) in [5.41, 5.74) is 1.73. The highest BCUT2D eigenvalue weighted by atomic mass is 35.5. The Morgan fingerprint density at radius 3 is 2.48 bits per heavy atom. The Kier molecular flexibility index (Phi) is 8.32. The summed E-state index contributed by atoms with van der Waals surface area (Å²) in [7, 11) is 0. The van der Waals surface area contributed by atoms with Crippen LogP contribution in [-0.2, 0) is 5.41 Å². The number of nitrogens with one attached hydrogen (secondary N) is 1. The Balaban J connectivity index is 1.33. The first-order valence-electron chi connectivity index (χ1n) is 11.0. The summed E-state index contributed by atoms with van der Waals surface area (Å²) in [6, 6.07) is 6.26. The van der Waals surface area contributed by atoms with Gasteiger partial charge >= 0.3 is 0 Å². The van der Waals surface area contributed by atoms with Crippen molar-refractivity contribution in [1.82, 2.24) is 10.2 Å². The van der Waals surface area contributed by atoms with Gasteiger partial charge in [0.05, 0.1) is 10.0 Å². The second-order valence-corrected chi connectivity index (χ2v) is 9.68. The fraction of sp³-hybridized carbons (Fsp3) is 0.739. The average Bonchev–Trinajstić information content (AvgIpc) is 3.13. The number of halogens is 2. The van der Waals surface area contributed by atoms with Crippen LogP contribution in [0.15, 0.2) is 18.2 Å². The van der Waals surface area contributed by atoms with Crippen LogP contribution in [0.25, 0.3) is 0 Å². The molecule has 2 nitrogen and oxygen atoms in total. The van der Waals surface area contributed by atoms with Crippen LogP contribution >= 0.6 is 23.2 Å². The van der Waals surface area contributed by atoms with E-state index in [1.807, 2.05) is 6.07 Å². The van der Waals surface area contributed by atoms with Crippen LogP contribution in [0, 0.1) is 5.92 Å². The number of hydrogen-bond acceptors (Lipinski definition) is 2. The molecule has 1 atom stereocenters. The maximum Gasteiger partial charge on any atom is 0.0595 e. The quantitative estimate of drug-likeness (QED) is 0.430. The van der Waals surface area contributed by atoms with Crippen LogP contribution in [-0.4, -0.2) is 37.6 Å². The molecular weight excluding hydrogens is 375 g/mol. The molecule has 1 aliphatic heterocycles. The van der Waals surface area contributed by atoms with E-state index in [0.717, 1.165) is 12.5 Å². The van der Waals surface area contributed by atoms with Gasteiger partial charge in [0.25, 0.3) is 0 Å². The van der Waals surface area contributed by atoms with Crippen molar-refractivity contribution >= 4 is 23.2 Å². The highest BCUT2D eigenvalue weighted by Gasteiger charge is 2.39. The fourth-order valence-corrected chi connectivity index (χ4v) is 5.17. The number of likely N-dealkylation sites (tertiary alicyclic amines) is 1. The number of rotatable bonds is 11. The summed E-state index contributed by atoms with van der Waals surface area (Å²) in [4.78, 5) is 2.61. The van der Waals surface area contributed by atoms with Gasteiger partial charge in [-0.1, -0.05) is 42.6 Å². The molecule has 152 valence electrons. The van der Waals surface area contributed by atoms with Crippen molar-refractivity contribution in [2.24, 2.45) is 5.92 Å². The molecule has 2 aliphatic rings. The van der Waals surface area contributed by atoms with Gasteiger partial charge in [0.15, 0.2) is 0 Å². The number of benzene rings is 1. The topological polar surface area (TPSA) is 15.3 Å². The van der Waals surface area contributed by atoms with Crippen molar-refractivity contribution in [3.8, 4) is 0 Å². The second kappa shape index (κ2) is 10.5. The van der Waals surface area contributed by atoms with Crippen molar-refractivity contribution in [1.29, 1.82) is 0 Å². The van der Waals surface area contributed by atoms with Crippen LogP contribution in [0.1, 0.15) is 70.3 Å². The van der Waals surface area contributed by atoms with Gasteiger partial charge in [-0.3, -0.25) is 0 Å². The molecule has 3 rings (SSSR count). The molecule has 1 saturated heterocycles. The maximum atomic E-state index is 6.28. The first-order chi connectivity index (χ1) is 13.1. The minimum Gasteiger partial charge on any atom is -0.317 e. The van der Waals surface area contributed by atoms with Crippen LogP contribution in [0.3, 0.4) is 0 Å². The largest absolute Gasteiger partial charge is 0.317 e. The van der Waals surface area contributed by atoms with Gasteiger partial charge in [0.2, 0.25) is 0 Å². The smallest absolute Gasteiger partial charge is 0.0595 e. The van der Waals surface area contributed by atoms with E-state index in [0.29, 0.717) is 15.5 Å². The van der Waals surface area contributed by atoms with Crippen molar-refractivity contribution in [2.45, 2.75) is 70.1 Å². The third-order valence-electron chi connectivity index (χ3n) is 6.67. The van der Waals surface area contributed by atoms with E-state index in [1.165, 1.54) is 89.5 Å². The minimum atomic E-state index is 0.337. The highest BCUT2D eigenvalue weighted by molar-refractivity contribution is 6.42. The molecule has 0 amide bonds. The Morgan fingerprint density at radius 1 is 1.04 bits per heavy atom. The van der Waals surface area contributed by atoms with Crippen molar-refractivity contribution in [3.05, 3.63) is 33.8 Å². The molecule has 0 bridgehead atoms. The molecule has 1 unspecified atom stereocenters. The number of hydrogen-bond donors (Lipinski definition) is 1. The van der Waals surface area contributed by atoms with E-state index in [2.05, 4.69) is 29.3 Å². The SMILES string of the molecule is CC(CCNCCCCN1CCCC1)CC1(c2ccc(Cl)c(Cl)c2)CCC1. The second-order valence-electron chi connectivity index (χ2n) is 8.87. The predicted molar refractivity (Wildman–Crippen MR) is 118 cm³/mol. The molecule has 1 aromatic carbocycles. The van der Waals surface area contributed by atoms with Gasteiger partial charge in [-0.25, -0.2) is 0 Å². The number of nitrogens with zero attached hydrogens (tertiary/aromatic N) is 1. The lowest BCUT2D eigenvalue weighted by Crippen LogP contribution is -2.36. The lowest BCUT2D eigenvalue weighted by molar-refractivity contribution is 0.190. The monoisotopic (exact) mass is 410 g/mol. The molecule has 0 radical (unpaired) electrons. The van der Waals surface area contributed by atoms with E-state index in [4.69, 9.17) is 23.2 Å². The van der Waals surface area contributed by atoms with E-state index in [1.54, 1.807) is 0 Å². The van der Waals surface area contributed by atoms with Gasteiger partial charge < -0.3 is 10.2 Å². The molecule has 0 spiro atoms. The van der Waals surface area contributed by atoms with E-state index < -0.39 is 0 Å². The van der Waals surface area contributed by atoms with Crippen LogP contribution in [0.4, 0.5) is 0 Å². The third-order valence-corrected chi connectivity index (χ3v) is 7.41. The zero-order valence-electron chi connectivity index (χ0n) is 16.9. The zero-order chi connectivity index (χ0) is 19.1.